The molecule has 0 radical (unpaired) electrons. The molecular formula is C10H14Cl2N4. The van der Waals surface area contributed by atoms with Gasteiger partial charge in [-0.25, -0.2) is 0 Å². The zero-order chi connectivity index (χ0) is 11.8. The number of nitrogens with zero attached hydrogens (tertiary/aromatic N) is 4. The van der Waals surface area contributed by atoms with Crippen LogP contribution < -0.4 is 4.90 Å². The third-order valence-corrected chi connectivity index (χ3v) is 3.09. The summed E-state index contributed by atoms with van der Waals surface area (Å²) in [5.74, 6) is 0.581. The van der Waals surface area contributed by atoms with Crippen molar-refractivity contribution in [2.75, 3.05) is 18.0 Å². The summed E-state index contributed by atoms with van der Waals surface area (Å²) in [6.07, 6.45) is 2.35. The standard InChI is InChI=1S/C10H14Cl2N4/c1-10(2)4-3-5-16(6-10)9-14-7(11)13-8(12)15-9/h3-6H2,1-2H3. The van der Waals surface area contributed by atoms with Crippen molar-refractivity contribution in [2.45, 2.75) is 26.7 Å². The molecule has 0 saturated carbocycles. The maximum atomic E-state index is 5.77. The van der Waals surface area contributed by atoms with E-state index in [4.69, 9.17) is 23.2 Å². The fraction of sp³-hybridized carbons (Fsp3) is 0.700. The summed E-state index contributed by atoms with van der Waals surface area (Å²) in [5.41, 5.74) is 0.282. The summed E-state index contributed by atoms with van der Waals surface area (Å²) in [6.45, 7) is 6.34. The Balaban J connectivity index is 2.23. The highest BCUT2D eigenvalue weighted by Crippen LogP contribution is 2.30. The lowest BCUT2D eigenvalue weighted by molar-refractivity contribution is 0.291. The van der Waals surface area contributed by atoms with Gasteiger partial charge in [0.15, 0.2) is 0 Å². The minimum absolute atomic E-state index is 0.151. The van der Waals surface area contributed by atoms with E-state index >= 15 is 0 Å². The number of rotatable bonds is 1. The predicted molar refractivity (Wildman–Crippen MR) is 65.1 cm³/mol. The highest BCUT2D eigenvalue weighted by molar-refractivity contribution is 6.31. The van der Waals surface area contributed by atoms with Crippen LogP contribution in [0.15, 0.2) is 0 Å². The van der Waals surface area contributed by atoms with Crippen molar-refractivity contribution in [1.82, 2.24) is 15.0 Å². The van der Waals surface area contributed by atoms with Gasteiger partial charge in [-0.1, -0.05) is 13.8 Å². The van der Waals surface area contributed by atoms with Crippen LogP contribution in [0.3, 0.4) is 0 Å². The summed E-state index contributed by atoms with van der Waals surface area (Å²) in [5, 5.41) is 0.303. The highest BCUT2D eigenvalue weighted by Gasteiger charge is 2.28. The second-order valence-electron chi connectivity index (χ2n) is 4.86. The van der Waals surface area contributed by atoms with E-state index in [1.807, 2.05) is 0 Å². The predicted octanol–water partition coefficient (Wildman–Crippen LogP) is 2.80. The number of aromatic nitrogens is 3. The van der Waals surface area contributed by atoms with E-state index in [1.54, 1.807) is 0 Å². The first-order valence-electron chi connectivity index (χ1n) is 5.28. The van der Waals surface area contributed by atoms with Crippen molar-refractivity contribution < 1.29 is 0 Å². The molecule has 1 aromatic heterocycles. The Morgan fingerprint density at radius 1 is 1.12 bits per heavy atom. The molecule has 1 aromatic rings. The van der Waals surface area contributed by atoms with Gasteiger partial charge in [0.25, 0.3) is 0 Å². The molecule has 4 nitrogen and oxygen atoms in total. The van der Waals surface area contributed by atoms with E-state index in [-0.39, 0.29) is 16.0 Å². The maximum absolute atomic E-state index is 5.77. The quantitative estimate of drug-likeness (QED) is 0.779. The molecule has 0 unspecified atom stereocenters. The van der Waals surface area contributed by atoms with Crippen LogP contribution in [0.2, 0.25) is 10.6 Å². The second-order valence-corrected chi connectivity index (χ2v) is 5.54. The van der Waals surface area contributed by atoms with Gasteiger partial charge in [0, 0.05) is 13.1 Å². The van der Waals surface area contributed by atoms with E-state index < -0.39 is 0 Å². The zero-order valence-corrected chi connectivity index (χ0v) is 10.9. The Morgan fingerprint density at radius 2 is 1.75 bits per heavy atom. The minimum atomic E-state index is 0.151. The number of hydrogen-bond donors (Lipinski definition) is 0. The van der Waals surface area contributed by atoms with Crippen LogP contribution in [-0.4, -0.2) is 28.0 Å². The van der Waals surface area contributed by atoms with E-state index in [0.29, 0.717) is 5.95 Å². The first-order valence-corrected chi connectivity index (χ1v) is 6.04. The maximum Gasteiger partial charge on any atom is 0.230 e. The molecule has 88 valence electrons. The lowest BCUT2D eigenvalue weighted by Gasteiger charge is -2.37. The molecule has 0 aliphatic carbocycles. The van der Waals surface area contributed by atoms with Gasteiger partial charge < -0.3 is 4.90 Å². The largest absolute Gasteiger partial charge is 0.340 e. The Bertz CT molecular complexity index is 374. The summed E-state index contributed by atoms with van der Waals surface area (Å²) in [6, 6.07) is 0. The average Bonchev–Trinajstić information content (AvgIpc) is 2.14. The van der Waals surface area contributed by atoms with Crippen molar-refractivity contribution in [2.24, 2.45) is 5.41 Å². The van der Waals surface area contributed by atoms with Crippen LogP contribution in [0.1, 0.15) is 26.7 Å². The fourth-order valence-electron chi connectivity index (χ4n) is 2.05. The van der Waals surface area contributed by atoms with Crippen molar-refractivity contribution in [3.05, 3.63) is 10.6 Å². The smallest absolute Gasteiger partial charge is 0.230 e. The lowest BCUT2D eigenvalue weighted by Crippen LogP contribution is -2.41. The Morgan fingerprint density at radius 3 is 2.31 bits per heavy atom. The molecule has 16 heavy (non-hydrogen) atoms. The minimum Gasteiger partial charge on any atom is -0.340 e. The monoisotopic (exact) mass is 260 g/mol. The van der Waals surface area contributed by atoms with Gasteiger partial charge in [-0.05, 0) is 41.5 Å². The van der Waals surface area contributed by atoms with Gasteiger partial charge in [-0.2, -0.15) is 15.0 Å². The molecule has 1 aliphatic heterocycles. The van der Waals surface area contributed by atoms with E-state index in [0.717, 1.165) is 19.5 Å². The van der Waals surface area contributed by atoms with Crippen molar-refractivity contribution in [3.63, 3.8) is 0 Å². The van der Waals surface area contributed by atoms with Crippen LogP contribution in [0.4, 0.5) is 5.95 Å². The number of halogens is 2. The summed E-state index contributed by atoms with van der Waals surface area (Å²) < 4.78 is 0. The molecule has 0 amide bonds. The number of hydrogen-bond acceptors (Lipinski definition) is 4. The third kappa shape index (κ3) is 2.74. The third-order valence-electron chi connectivity index (χ3n) is 2.75. The SMILES string of the molecule is CC1(C)CCCN(c2nc(Cl)nc(Cl)n2)C1. The summed E-state index contributed by atoms with van der Waals surface area (Å²) >= 11 is 11.5. The Hall–Kier alpha value is -0.610. The molecule has 2 heterocycles. The van der Waals surface area contributed by atoms with E-state index in [9.17, 15) is 0 Å². The highest BCUT2D eigenvalue weighted by atomic mass is 35.5. The first kappa shape index (κ1) is 11.9. The van der Waals surface area contributed by atoms with Gasteiger partial charge >= 0.3 is 0 Å². The van der Waals surface area contributed by atoms with Crippen LogP contribution in [0.5, 0.6) is 0 Å². The van der Waals surface area contributed by atoms with Crippen LogP contribution in [0, 0.1) is 5.41 Å². The molecule has 0 spiro atoms. The second kappa shape index (κ2) is 4.34. The molecule has 6 heteroatoms. The van der Waals surface area contributed by atoms with Gasteiger partial charge in [-0.15, -0.1) is 0 Å². The number of anilines is 1. The van der Waals surface area contributed by atoms with Crippen LogP contribution in [-0.2, 0) is 0 Å². The normalized spacial score (nSPS) is 19.9. The molecule has 2 rings (SSSR count). The summed E-state index contributed by atoms with van der Waals surface area (Å²) in [7, 11) is 0. The van der Waals surface area contributed by atoms with Crippen molar-refractivity contribution in [3.8, 4) is 0 Å². The topological polar surface area (TPSA) is 41.9 Å². The van der Waals surface area contributed by atoms with E-state index in [2.05, 4.69) is 33.7 Å². The number of piperidine rings is 1. The molecule has 1 aliphatic rings. The molecule has 0 aromatic carbocycles. The van der Waals surface area contributed by atoms with Crippen molar-refractivity contribution >= 4 is 29.2 Å². The lowest BCUT2D eigenvalue weighted by atomic mass is 9.84. The van der Waals surface area contributed by atoms with Gasteiger partial charge in [0.1, 0.15) is 0 Å². The molecule has 1 fully saturated rings. The van der Waals surface area contributed by atoms with Crippen LogP contribution in [0.25, 0.3) is 0 Å². The van der Waals surface area contributed by atoms with E-state index in [1.165, 1.54) is 6.42 Å². The molecule has 0 atom stereocenters. The fourth-order valence-corrected chi connectivity index (χ4v) is 2.41. The molecule has 0 bridgehead atoms. The molecule has 1 saturated heterocycles. The van der Waals surface area contributed by atoms with Gasteiger partial charge in [-0.3, -0.25) is 0 Å². The van der Waals surface area contributed by atoms with Crippen molar-refractivity contribution in [1.29, 1.82) is 0 Å². The summed E-state index contributed by atoms with van der Waals surface area (Å²) in [4.78, 5) is 14.1. The Labute approximate surface area is 105 Å². The zero-order valence-electron chi connectivity index (χ0n) is 9.37. The Kier molecular flexibility index (Phi) is 3.22. The first-order chi connectivity index (χ1) is 7.46. The molecular weight excluding hydrogens is 247 g/mol. The molecule has 0 N–H and O–H groups in total. The average molecular weight is 261 g/mol. The van der Waals surface area contributed by atoms with Gasteiger partial charge in [0.05, 0.1) is 0 Å². The van der Waals surface area contributed by atoms with Crippen LogP contribution >= 0.6 is 23.2 Å². The van der Waals surface area contributed by atoms with Gasteiger partial charge in [0.2, 0.25) is 16.5 Å².